The monoisotopic (exact) mass is 265 g/mol. The van der Waals surface area contributed by atoms with E-state index in [0.717, 1.165) is 5.82 Å². The highest BCUT2D eigenvalue weighted by Crippen LogP contribution is 2.42. The first-order valence-corrected chi connectivity index (χ1v) is 6.25. The van der Waals surface area contributed by atoms with Gasteiger partial charge in [0.1, 0.15) is 5.82 Å². The number of pyridine rings is 1. The number of rotatable bonds is 2. The first-order chi connectivity index (χ1) is 7.98. The summed E-state index contributed by atoms with van der Waals surface area (Å²) in [6, 6.07) is 4.21. The molecule has 18 heavy (non-hydrogen) atoms. The molecule has 1 aliphatic carbocycles. The van der Waals surface area contributed by atoms with Gasteiger partial charge in [0.05, 0.1) is 16.7 Å². The quantitative estimate of drug-likeness (QED) is 0.907. The summed E-state index contributed by atoms with van der Waals surface area (Å²) in [6.45, 7) is 6.18. The first kappa shape index (κ1) is 13.4. The molecule has 2 heterocycles. The van der Waals surface area contributed by atoms with Crippen molar-refractivity contribution in [1.29, 1.82) is 0 Å². The van der Waals surface area contributed by atoms with Gasteiger partial charge in [-0.3, -0.25) is 0 Å². The Labute approximate surface area is 114 Å². The lowest BCUT2D eigenvalue weighted by atomic mass is 10.1. The zero-order valence-corrected chi connectivity index (χ0v) is 11.9. The van der Waals surface area contributed by atoms with Crippen molar-refractivity contribution < 1.29 is 0 Å². The summed E-state index contributed by atoms with van der Waals surface area (Å²) in [7, 11) is 0. The Balaban J connectivity index is 0.00000120. The number of aromatic nitrogens is 2. The SMILES string of the molecule is Cc1cccn2c(C(C)(C)N)nc(C3CC3)c12.Cl. The molecule has 1 saturated carbocycles. The van der Waals surface area contributed by atoms with Crippen molar-refractivity contribution in [2.24, 2.45) is 5.73 Å². The number of nitrogens with two attached hydrogens (primary N) is 1. The van der Waals surface area contributed by atoms with Gasteiger partial charge in [0.15, 0.2) is 0 Å². The van der Waals surface area contributed by atoms with Gasteiger partial charge >= 0.3 is 0 Å². The molecule has 2 aromatic rings. The van der Waals surface area contributed by atoms with Crippen molar-refractivity contribution in [3.8, 4) is 0 Å². The van der Waals surface area contributed by atoms with Crippen LogP contribution in [0.1, 0.15) is 49.7 Å². The molecule has 0 saturated heterocycles. The van der Waals surface area contributed by atoms with E-state index in [1.54, 1.807) is 0 Å². The Morgan fingerprint density at radius 3 is 2.61 bits per heavy atom. The Morgan fingerprint density at radius 1 is 1.39 bits per heavy atom. The van der Waals surface area contributed by atoms with Gasteiger partial charge in [-0.15, -0.1) is 12.4 Å². The van der Waals surface area contributed by atoms with E-state index in [9.17, 15) is 0 Å². The molecule has 3 nitrogen and oxygen atoms in total. The highest BCUT2D eigenvalue weighted by atomic mass is 35.5. The molecule has 3 rings (SSSR count). The molecule has 4 heteroatoms. The standard InChI is InChI=1S/C14H19N3.ClH/c1-9-5-4-8-17-12(9)11(10-6-7-10)16-13(17)14(2,3)15;/h4-5,8,10H,6-7,15H2,1-3H3;1H. The van der Waals surface area contributed by atoms with E-state index >= 15 is 0 Å². The van der Waals surface area contributed by atoms with Crippen molar-refractivity contribution in [2.45, 2.75) is 45.1 Å². The largest absolute Gasteiger partial charge is 0.319 e. The second-order valence-corrected chi connectivity index (χ2v) is 5.73. The van der Waals surface area contributed by atoms with Crippen LogP contribution in [0.25, 0.3) is 5.52 Å². The minimum absolute atomic E-state index is 0. The topological polar surface area (TPSA) is 43.3 Å². The Morgan fingerprint density at radius 2 is 2.06 bits per heavy atom. The van der Waals surface area contributed by atoms with Crippen LogP contribution in [0.5, 0.6) is 0 Å². The van der Waals surface area contributed by atoms with E-state index < -0.39 is 5.54 Å². The van der Waals surface area contributed by atoms with Crippen LogP contribution >= 0.6 is 12.4 Å². The Hall–Kier alpha value is -1.06. The minimum atomic E-state index is -0.399. The second kappa shape index (κ2) is 4.25. The van der Waals surface area contributed by atoms with E-state index in [-0.39, 0.29) is 12.4 Å². The molecular formula is C14H20ClN3. The van der Waals surface area contributed by atoms with Gasteiger partial charge in [0.25, 0.3) is 0 Å². The fraction of sp³-hybridized carbons (Fsp3) is 0.500. The average Bonchev–Trinajstić information content (AvgIpc) is 2.98. The third-order valence-corrected chi connectivity index (χ3v) is 3.43. The summed E-state index contributed by atoms with van der Waals surface area (Å²) in [5, 5.41) is 0. The highest BCUT2D eigenvalue weighted by Gasteiger charge is 2.32. The lowest BCUT2D eigenvalue weighted by Gasteiger charge is -2.16. The van der Waals surface area contributed by atoms with E-state index in [1.165, 1.54) is 29.6 Å². The Bertz CT molecular complexity index is 576. The van der Waals surface area contributed by atoms with Crippen LogP contribution in [0.4, 0.5) is 0 Å². The summed E-state index contributed by atoms with van der Waals surface area (Å²) in [4.78, 5) is 4.82. The number of imidazole rings is 1. The number of nitrogens with zero attached hydrogens (tertiary/aromatic N) is 2. The average molecular weight is 266 g/mol. The van der Waals surface area contributed by atoms with Crippen LogP contribution in [0, 0.1) is 6.92 Å². The highest BCUT2D eigenvalue weighted by molar-refractivity contribution is 5.85. The predicted octanol–water partition coefficient (Wildman–Crippen LogP) is 3.14. The molecule has 98 valence electrons. The summed E-state index contributed by atoms with van der Waals surface area (Å²) >= 11 is 0. The fourth-order valence-electron chi connectivity index (χ4n) is 2.44. The van der Waals surface area contributed by atoms with E-state index in [4.69, 9.17) is 10.7 Å². The van der Waals surface area contributed by atoms with Crippen molar-refractivity contribution in [2.75, 3.05) is 0 Å². The number of hydrogen-bond donors (Lipinski definition) is 1. The van der Waals surface area contributed by atoms with Crippen LogP contribution in [-0.2, 0) is 5.54 Å². The van der Waals surface area contributed by atoms with Crippen LogP contribution in [-0.4, -0.2) is 9.38 Å². The van der Waals surface area contributed by atoms with Gasteiger partial charge < -0.3 is 10.1 Å². The smallest absolute Gasteiger partial charge is 0.133 e. The summed E-state index contributed by atoms with van der Waals surface area (Å²) in [5.41, 5.74) is 9.63. The summed E-state index contributed by atoms with van der Waals surface area (Å²) in [6.07, 6.45) is 4.61. The van der Waals surface area contributed by atoms with Crippen LogP contribution in [0.3, 0.4) is 0 Å². The third kappa shape index (κ3) is 2.02. The number of hydrogen-bond acceptors (Lipinski definition) is 2. The summed E-state index contributed by atoms with van der Waals surface area (Å²) in [5.74, 6) is 1.63. The molecule has 0 spiro atoms. The van der Waals surface area contributed by atoms with Crippen molar-refractivity contribution >= 4 is 17.9 Å². The maximum absolute atomic E-state index is 6.22. The molecular weight excluding hydrogens is 246 g/mol. The van der Waals surface area contributed by atoms with Crippen molar-refractivity contribution in [3.05, 3.63) is 35.4 Å². The molecule has 1 fully saturated rings. The zero-order valence-electron chi connectivity index (χ0n) is 11.1. The van der Waals surface area contributed by atoms with Gasteiger partial charge in [-0.1, -0.05) is 6.07 Å². The van der Waals surface area contributed by atoms with Gasteiger partial charge in [0.2, 0.25) is 0 Å². The maximum Gasteiger partial charge on any atom is 0.133 e. The Kier molecular flexibility index (Phi) is 3.16. The van der Waals surface area contributed by atoms with E-state index in [1.807, 2.05) is 13.8 Å². The van der Waals surface area contributed by atoms with Gasteiger partial charge in [-0.05, 0) is 45.2 Å². The molecule has 0 unspecified atom stereocenters. The molecule has 2 N–H and O–H groups in total. The van der Waals surface area contributed by atoms with Crippen molar-refractivity contribution in [3.63, 3.8) is 0 Å². The first-order valence-electron chi connectivity index (χ1n) is 6.25. The van der Waals surface area contributed by atoms with Crippen LogP contribution < -0.4 is 5.73 Å². The summed E-state index contributed by atoms with van der Waals surface area (Å²) < 4.78 is 2.17. The van der Waals surface area contributed by atoms with Crippen LogP contribution in [0.2, 0.25) is 0 Å². The molecule has 1 aliphatic rings. The third-order valence-electron chi connectivity index (χ3n) is 3.43. The van der Waals surface area contributed by atoms with E-state index in [2.05, 4.69) is 29.7 Å². The fourth-order valence-corrected chi connectivity index (χ4v) is 2.44. The molecule has 0 aliphatic heterocycles. The van der Waals surface area contributed by atoms with Crippen molar-refractivity contribution in [1.82, 2.24) is 9.38 Å². The molecule has 0 radical (unpaired) electrons. The number of halogens is 1. The molecule has 2 aromatic heterocycles. The van der Waals surface area contributed by atoms with Gasteiger partial charge in [-0.2, -0.15) is 0 Å². The maximum atomic E-state index is 6.22. The number of fused-ring (bicyclic) bond motifs is 1. The normalized spacial score (nSPS) is 15.8. The number of aryl methyl sites for hydroxylation is 1. The lowest BCUT2D eigenvalue weighted by Crippen LogP contribution is -2.31. The molecule has 0 bridgehead atoms. The molecule has 0 amide bonds. The van der Waals surface area contributed by atoms with Gasteiger partial charge in [0, 0.05) is 12.1 Å². The molecule has 0 aromatic carbocycles. The molecule has 0 atom stereocenters. The predicted molar refractivity (Wildman–Crippen MR) is 76.4 cm³/mol. The van der Waals surface area contributed by atoms with Gasteiger partial charge in [-0.25, -0.2) is 4.98 Å². The lowest BCUT2D eigenvalue weighted by molar-refractivity contribution is 0.510. The zero-order chi connectivity index (χ0) is 12.2. The van der Waals surface area contributed by atoms with E-state index in [0.29, 0.717) is 5.92 Å². The second-order valence-electron chi connectivity index (χ2n) is 5.73. The minimum Gasteiger partial charge on any atom is -0.319 e. The van der Waals surface area contributed by atoms with Crippen LogP contribution in [0.15, 0.2) is 18.3 Å².